The highest BCUT2D eigenvalue weighted by Crippen LogP contribution is 2.19. The molecule has 0 aliphatic heterocycles. The van der Waals surface area contributed by atoms with Gasteiger partial charge in [-0.25, -0.2) is 17.9 Å². The van der Waals surface area contributed by atoms with Crippen molar-refractivity contribution in [2.45, 2.75) is 20.5 Å². The molecule has 0 aliphatic rings. The Morgan fingerprint density at radius 2 is 1.77 bits per heavy atom. The van der Waals surface area contributed by atoms with Crippen LogP contribution in [0.2, 0.25) is 0 Å². The molecule has 0 spiro atoms. The van der Waals surface area contributed by atoms with Crippen LogP contribution < -0.4 is 10.3 Å². The van der Waals surface area contributed by atoms with E-state index < -0.39 is 28.2 Å². The minimum Gasteiger partial charge on any atom is -0.460 e. The largest absolute Gasteiger partial charge is 0.460 e. The second kappa shape index (κ2) is 9.06. The molecule has 0 bridgehead atoms. The Balaban J connectivity index is 1.59. The smallest absolute Gasteiger partial charge is 0.336 e. The lowest BCUT2D eigenvalue weighted by Crippen LogP contribution is -2.29. The third-order valence-corrected chi connectivity index (χ3v) is 5.35. The number of benzene rings is 2. The summed E-state index contributed by atoms with van der Waals surface area (Å²) in [6.07, 6.45) is 1.43. The van der Waals surface area contributed by atoms with E-state index in [0.29, 0.717) is 16.5 Å². The Kier molecular flexibility index (Phi) is 6.49. The average Bonchev–Trinajstić information content (AvgIpc) is 2.69. The van der Waals surface area contributed by atoms with E-state index in [1.807, 2.05) is 32.0 Å². The molecule has 8 heteroatoms. The van der Waals surface area contributed by atoms with Crippen molar-refractivity contribution in [3.05, 3.63) is 86.6 Å². The highest BCUT2D eigenvalue weighted by molar-refractivity contribution is 7.92. The Bertz CT molecular complexity index is 1260. The summed E-state index contributed by atoms with van der Waals surface area (Å²) in [4.78, 5) is 23.7. The molecule has 156 valence electrons. The number of rotatable bonds is 7. The number of carbonyl (C=O) groups excluding carboxylic acids is 1. The van der Waals surface area contributed by atoms with E-state index in [1.165, 1.54) is 12.1 Å². The predicted molar refractivity (Wildman–Crippen MR) is 114 cm³/mol. The SMILES string of the molecule is Cc1ccc(/C=C/S(=O)(=O)NCC(=O)OCc2cc(=O)oc3cc(C)ccc23)cc1. The fraction of sp³-hybridized carbons (Fsp3) is 0.182. The maximum atomic E-state index is 12.0. The van der Waals surface area contributed by atoms with E-state index in [2.05, 4.69) is 4.72 Å². The fourth-order valence-electron chi connectivity index (χ4n) is 2.72. The van der Waals surface area contributed by atoms with Crippen LogP contribution in [0.5, 0.6) is 0 Å². The number of carbonyl (C=O) groups is 1. The molecule has 0 saturated heterocycles. The van der Waals surface area contributed by atoms with Crippen LogP contribution >= 0.6 is 0 Å². The van der Waals surface area contributed by atoms with Crippen molar-refractivity contribution in [3.63, 3.8) is 0 Å². The average molecular weight is 427 g/mol. The third kappa shape index (κ3) is 5.88. The lowest BCUT2D eigenvalue weighted by molar-refractivity contribution is -0.143. The second-order valence-corrected chi connectivity index (χ2v) is 8.48. The molecule has 1 N–H and O–H groups in total. The van der Waals surface area contributed by atoms with Crippen molar-refractivity contribution in [2.75, 3.05) is 6.54 Å². The van der Waals surface area contributed by atoms with Gasteiger partial charge in [-0.2, -0.15) is 0 Å². The van der Waals surface area contributed by atoms with Crippen LogP contribution in [-0.4, -0.2) is 20.9 Å². The van der Waals surface area contributed by atoms with E-state index in [9.17, 15) is 18.0 Å². The van der Waals surface area contributed by atoms with Crippen LogP contribution in [-0.2, 0) is 26.2 Å². The fourth-order valence-corrected chi connectivity index (χ4v) is 3.47. The van der Waals surface area contributed by atoms with Crippen molar-refractivity contribution >= 4 is 33.0 Å². The van der Waals surface area contributed by atoms with Gasteiger partial charge in [0, 0.05) is 22.4 Å². The lowest BCUT2D eigenvalue weighted by atomic mass is 10.1. The molecule has 0 radical (unpaired) electrons. The van der Waals surface area contributed by atoms with E-state index in [1.54, 1.807) is 24.3 Å². The molecule has 0 atom stereocenters. The maximum absolute atomic E-state index is 12.0. The minimum atomic E-state index is -3.81. The predicted octanol–water partition coefficient (Wildman–Crippen LogP) is 3.04. The number of sulfonamides is 1. The summed E-state index contributed by atoms with van der Waals surface area (Å²) in [5, 5.41) is 1.64. The van der Waals surface area contributed by atoms with Crippen LogP contribution in [0.15, 0.2) is 63.2 Å². The van der Waals surface area contributed by atoms with Crippen LogP contribution in [0.3, 0.4) is 0 Å². The molecule has 0 unspecified atom stereocenters. The highest BCUT2D eigenvalue weighted by Gasteiger charge is 2.12. The lowest BCUT2D eigenvalue weighted by Gasteiger charge is -2.08. The number of fused-ring (bicyclic) bond motifs is 1. The van der Waals surface area contributed by atoms with Gasteiger partial charge in [0.05, 0.1) is 0 Å². The van der Waals surface area contributed by atoms with Gasteiger partial charge in [0.15, 0.2) is 0 Å². The summed E-state index contributed by atoms with van der Waals surface area (Å²) in [5.41, 5.74) is 3.04. The van der Waals surface area contributed by atoms with Crippen molar-refractivity contribution in [1.82, 2.24) is 4.72 Å². The molecule has 0 aliphatic carbocycles. The monoisotopic (exact) mass is 427 g/mol. The normalized spacial score (nSPS) is 11.8. The number of ether oxygens (including phenoxy) is 1. The summed E-state index contributed by atoms with van der Waals surface area (Å²) in [7, 11) is -3.81. The Morgan fingerprint density at radius 1 is 1.07 bits per heavy atom. The molecule has 1 aromatic heterocycles. The molecule has 0 fully saturated rings. The molecule has 3 rings (SSSR count). The first kappa shape index (κ1) is 21.5. The zero-order valence-electron chi connectivity index (χ0n) is 16.5. The van der Waals surface area contributed by atoms with Crippen molar-refractivity contribution < 1.29 is 22.4 Å². The Morgan fingerprint density at radius 3 is 2.50 bits per heavy atom. The topological polar surface area (TPSA) is 103 Å². The summed E-state index contributed by atoms with van der Waals surface area (Å²) in [6.45, 7) is 3.10. The molecule has 30 heavy (non-hydrogen) atoms. The first-order valence-electron chi connectivity index (χ1n) is 9.15. The van der Waals surface area contributed by atoms with Gasteiger partial charge in [0.2, 0.25) is 10.0 Å². The highest BCUT2D eigenvalue weighted by atomic mass is 32.2. The van der Waals surface area contributed by atoms with Gasteiger partial charge < -0.3 is 9.15 Å². The summed E-state index contributed by atoms with van der Waals surface area (Å²) in [5.74, 6) is -0.768. The first-order valence-corrected chi connectivity index (χ1v) is 10.7. The van der Waals surface area contributed by atoms with Gasteiger partial charge in [0.1, 0.15) is 18.7 Å². The quantitative estimate of drug-likeness (QED) is 0.459. The number of hydrogen-bond acceptors (Lipinski definition) is 6. The molecule has 2 aromatic carbocycles. The molecular formula is C22H21NO6S. The number of hydrogen-bond donors (Lipinski definition) is 1. The molecule has 7 nitrogen and oxygen atoms in total. The number of nitrogens with one attached hydrogen (secondary N) is 1. The van der Waals surface area contributed by atoms with Gasteiger partial charge in [-0.05, 0) is 37.1 Å². The van der Waals surface area contributed by atoms with Crippen LogP contribution in [0.1, 0.15) is 22.3 Å². The number of aryl methyl sites for hydroxylation is 2. The van der Waals surface area contributed by atoms with Gasteiger partial charge in [0.25, 0.3) is 0 Å². The second-order valence-electron chi connectivity index (χ2n) is 6.83. The van der Waals surface area contributed by atoms with Gasteiger partial charge in [-0.1, -0.05) is 42.0 Å². The molecule has 1 heterocycles. The van der Waals surface area contributed by atoms with Gasteiger partial charge >= 0.3 is 11.6 Å². The minimum absolute atomic E-state index is 0.176. The summed E-state index contributed by atoms with van der Waals surface area (Å²) >= 11 is 0. The van der Waals surface area contributed by atoms with Crippen LogP contribution in [0.25, 0.3) is 17.0 Å². The van der Waals surface area contributed by atoms with E-state index in [-0.39, 0.29) is 6.61 Å². The molecule has 3 aromatic rings. The zero-order chi connectivity index (χ0) is 21.7. The molecular weight excluding hydrogens is 406 g/mol. The van der Waals surface area contributed by atoms with Crippen molar-refractivity contribution in [3.8, 4) is 0 Å². The van der Waals surface area contributed by atoms with E-state index in [0.717, 1.165) is 22.1 Å². The summed E-state index contributed by atoms with van der Waals surface area (Å²) in [6, 6.07) is 13.9. The summed E-state index contributed by atoms with van der Waals surface area (Å²) < 4.78 is 36.5. The third-order valence-electron chi connectivity index (χ3n) is 4.31. The molecule has 0 amide bonds. The van der Waals surface area contributed by atoms with Crippen LogP contribution in [0, 0.1) is 13.8 Å². The van der Waals surface area contributed by atoms with Crippen molar-refractivity contribution in [1.29, 1.82) is 0 Å². The maximum Gasteiger partial charge on any atom is 0.336 e. The standard InChI is InChI=1S/C22H21NO6S/c1-15-3-6-17(7-4-15)9-10-30(26,27)23-13-22(25)28-14-18-12-21(24)29-20-11-16(2)5-8-19(18)20/h3-12,23H,13-14H2,1-2H3/b10-9+. The van der Waals surface area contributed by atoms with Crippen LogP contribution in [0.4, 0.5) is 0 Å². The van der Waals surface area contributed by atoms with E-state index in [4.69, 9.17) is 9.15 Å². The van der Waals surface area contributed by atoms with Crippen molar-refractivity contribution in [2.24, 2.45) is 0 Å². The van der Waals surface area contributed by atoms with E-state index >= 15 is 0 Å². The van der Waals surface area contributed by atoms with Gasteiger partial charge in [-0.15, -0.1) is 0 Å². The first-order chi connectivity index (χ1) is 14.2. The zero-order valence-corrected chi connectivity index (χ0v) is 17.4. The van der Waals surface area contributed by atoms with Gasteiger partial charge in [-0.3, -0.25) is 4.79 Å². The Hall–Kier alpha value is -3.23. The number of esters is 1. The molecule has 0 saturated carbocycles. The Labute approximate surface area is 174 Å².